The molecule has 6 heteroatoms. The van der Waals surface area contributed by atoms with Crippen molar-refractivity contribution in [2.45, 2.75) is 0 Å². The lowest BCUT2D eigenvalue weighted by molar-refractivity contribution is -0.114. The summed E-state index contributed by atoms with van der Waals surface area (Å²) in [6, 6.07) is 13.8. The first-order chi connectivity index (χ1) is 11.0. The molecule has 23 heavy (non-hydrogen) atoms. The Kier molecular flexibility index (Phi) is 5.54. The summed E-state index contributed by atoms with van der Waals surface area (Å²) in [5.41, 5.74) is 6.50. The van der Waals surface area contributed by atoms with Gasteiger partial charge in [-0.25, -0.2) is 0 Å². The lowest BCUT2D eigenvalue weighted by atomic mass is 10.1. The minimum atomic E-state index is -0.716. The molecule has 0 saturated heterocycles. The molecule has 2 aromatic carbocycles. The number of halogens is 1. The molecular weight excluding hydrogens is 360 g/mol. The van der Waals surface area contributed by atoms with E-state index in [1.807, 2.05) is 0 Å². The summed E-state index contributed by atoms with van der Waals surface area (Å²) in [6.45, 7) is 0. The van der Waals surface area contributed by atoms with Gasteiger partial charge in [0, 0.05) is 10.0 Å². The predicted molar refractivity (Wildman–Crippen MR) is 91.8 cm³/mol. The van der Waals surface area contributed by atoms with Gasteiger partial charge in [-0.3, -0.25) is 9.59 Å². The van der Waals surface area contributed by atoms with Crippen LogP contribution in [0.2, 0.25) is 0 Å². The van der Waals surface area contributed by atoms with E-state index in [-0.39, 0.29) is 5.70 Å². The smallest absolute Gasteiger partial charge is 0.265 e. The van der Waals surface area contributed by atoms with Gasteiger partial charge >= 0.3 is 0 Å². The van der Waals surface area contributed by atoms with Crippen LogP contribution in [0.3, 0.4) is 0 Å². The fourth-order valence-electron chi connectivity index (χ4n) is 1.83. The van der Waals surface area contributed by atoms with E-state index in [0.29, 0.717) is 11.3 Å². The summed E-state index contributed by atoms with van der Waals surface area (Å²) >= 11 is 3.30. The molecule has 0 atom stereocenters. The first kappa shape index (κ1) is 16.8. The molecule has 0 aliphatic rings. The highest BCUT2D eigenvalue weighted by molar-refractivity contribution is 9.10. The van der Waals surface area contributed by atoms with E-state index in [1.165, 1.54) is 6.08 Å². The fourth-order valence-corrected chi connectivity index (χ4v) is 2.10. The number of methoxy groups -OCH3 is 1. The second-order valence-corrected chi connectivity index (χ2v) is 5.57. The number of carbonyl (C=O) groups excluding carboxylic acids is 2. The molecule has 0 unspecified atom stereocenters. The Balaban J connectivity index is 2.20. The lowest BCUT2D eigenvalue weighted by Gasteiger charge is -2.07. The standard InChI is InChI=1S/C17H15BrN2O3/c1-23-14-8-2-11(3-9-14)10-15(16(19)21)20-17(22)12-4-6-13(18)7-5-12/h2-10H,1H3,(H2,19,21)(H,20,22)/b15-10-. The number of nitrogens with one attached hydrogen (secondary N) is 1. The van der Waals surface area contributed by atoms with Crippen LogP contribution in [0.1, 0.15) is 15.9 Å². The van der Waals surface area contributed by atoms with Crippen molar-refractivity contribution in [3.63, 3.8) is 0 Å². The highest BCUT2D eigenvalue weighted by atomic mass is 79.9. The first-order valence-corrected chi connectivity index (χ1v) is 7.51. The van der Waals surface area contributed by atoms with Crippen molar-refractivity contribution in [2.75, 3.05) is 7.11 Å². The molecule has 5 nitrogen and oxygen atoms in total. The van der Waals surface area contributed by atoms with Crippen molar-refractivity contribution in [2.24, 2.45) is 5.73 Å². The van der Waals surface area contributed by atoms with Crippen molar-refractivity contribution in [3.05, 3.63) is 69.8 Å². The molecule has 0 heterocycles. The number of amides is 2. The summed E-state index contributed by atoms with van der Waals surface area (Å²) in [6.07, 6.45) is 1.51. The van der Waals surface area contributed by atoms with Gasteiger partial charge < -0.3 is 15.8 Å². The maximum Gasteiger partial charge on any atom is 0.265 e. The summed E-state index contributed by atoms with van der Waals surface area (Å²) in [7, 11) is 1.57. The van der Waals surface area contributed by atoms with Crippen LogP contribution in [0.5, 0.6) is 5.75 Å². The lowest BCUT2D eigenvalue weighted by Crippen LogP contribution is -2.31. The SMILES string of the molecule is COc1ccc(/C=C(\NC(=O)c2ccc(Br)cc2)C(N)=O)cc1. The van der Waals surface area contributed by atoms with Crippen LogP contribution in [0.4, 0.5) is 0 Å². The van der Waals surface area contributed by atoms with Crippen LogP contribution in [0, 0.1) is 0 Å². The number of benzene rings is 2. The van der Waals surface area contributed by atoms with Gasteiger partial charge in [0.05, 0.1) is 7.11 Å². The molecule has 0 saturated carbocycles. The predicted octanol–water partition coefficient (Wildman–Crippen LogP) is 2.71. The van der Waals surface area contributed by atoms with Gasteiger partial charge in [-0.15, -0.1) is 0 Å². The van der Waals surface area contributed by atoms with Gasteiger partial charge in [0.2, 0.25) is 0 Å². The Morgan fingerprint density at radius 3 is 2.22 bits per heavy atom. The van der Waals surface area contributed by atoms with E-state index in [1.54, 1.807) is 55.6 Å². The van der Waals surface area contributed by atoms with E-state index in [9.17, 15) is 9.59 Å². The van der Waals surface area contributed by atoms with Gasteiger partial charge in [0.25, 0.3) is 11.8 Å². The Labute approximate surface area is 142 Å². The summed E-state index contributed by atoms with van der Waals surface area (Å²) in [5.74, 6) is -0.427. The van der Waals surface area contributed by atoms with E-state index < -0.39 is 11.8 Å². The minimum Gasteiger partial charge on any atom is -0.497 e. The number of nitrogens with two attached hydrogens (primary N) is 1. The Morgan fingerprint density at radius 1 is 1.09 bits per heavy atom. The van der Waals surface area contributed by atoms with Crippen molar-refractivity contribution < 1.29 is 14.3 Å². The van der Waals surface area contributed by atoms with Crippen LogP contribution >= 0.6 is 15.9 Å². The zero-order valence-corrected chi connectivity index (χ0v) is 14.0. The van der Waals surface area contributed by atoms with Crippen LogP contribution in [0.15, 0.2) is 58.7 Å². The number of primary amides is 1. The topological polar surface area (TPSA) is 81.4 Å². The normalized spacial score (nSPS) is 11.0. The van der Waals surface area contributed by atoms with Gasteiger partial charge in [-0.2, -0.15) is 0 Å². The number of hydrogen-bond acceptors (Lipinski definition) is 3. The molecule has 0 bridgehead atoms. The molecule has 0 aromatic heterocycles. The zero-order valence-electron chi connectivity index (χ0n) is 12.4. The van der Waals surface area contributed by atoms with Crippen LogP contribution in [-0.4, -0.2) is 18.9 Å². The van der Waals surface area contributed by atoms with Crippen molar-refractivity contribution in [3.8, 4) is 5.75 Å². The van der Waals surface area contributed by atoms with E-state index in [4.69, 9.17) is 10.5 Å². The number of ether oxygens (including phenoxy) is 1. The largest absolute Gasteiger partial charge is 0.497 e. The molecule has 0 radical (unpaired) electrons. The van der Waals surface area contributed by atoms with E-state index in [2.05, 4.69) is 21.2 Å². The second-order valence-electron chi connectivity index (χ2n) is 4.66. The Hall–Kier alpha value is -2.60. The first-order valence-electron chi connectivity index (χ1n) is 6.72. The monoisotopic (exact) mass is 374 g/mol. The van der Waals surface area contributed by atoms with Crippen molar-refractivity contribution >= 4 is 33.8 Å². The minimum absolute atomic E-state index is 0.0167. The average molecular weight is 375 g/mol. The maximum atomic E-state index is 12.2. The van der Waals surface area contributed by atoms with Crippen LogP contribution in [0.25, 0.3) is 6.08 Å². The summed E-state index contributed by atoms with van der Waals surface area (Å²) < 4.78 is 5.93. The Bertz CT molecular complexity index is 737. The van der Waals surface area contributed by atoms with Crippen molar-refractivity contribution in [1.29, 1.82) is 0 Å². The molecule has 0 fully saturated rings. The third-order valence-corrected chi connectivity index (χ3v) is 3.58. The van der Waals surface area contributed by atoms with Gasteiger partial charge in [0.1, 0.15) is 11.4 Å². The maximum absolute atomic E-state index is 12.2. The van der Waals surface area contributed by atoms with Crippen molar-refractivity contribution in [1.82, 2.24) is 5.32 Å². The number of carbonyl (C=O) groups is 2. The quantitative estimate of drug-likeness (QED) is 0.789. The molecule has 2 aromatic rings. The second kappa shape index (κ2) is 7.60. The highest BCUT2D eigenvalue weighted by Gasteiger charge is 2.12. The molecule has 0 aliphatic heterocycles. The van der Waals surface area contributed by atoms with Crippen LogP contribution in [-0.2, 0) is 4.79 Å². The van der Waals surface area contributed by atoms with Gasteiger partial charge in [-0.05, 0) is 48.0 Å². The van der Waals surface area contributed by atoms with E-state index >= 15 is 0 Å². The van der Waals surface area contributed by atoms with Crippen LogP contribution < -0.4 is 15.8 Å². The molecule has 118 valence electrons. The summed E-state index contributed by atoms with van der Waals surface area (Å²) in [5, 5.41) is 2.53. The third kappa shape index (κ3) is 4.69. The third-order valence-electron chi connectivity index (χ3n) is 3.05. The van der Waals surface area contributed by atoms with Gasteiger partial charge in [0.15, 0.2) is 0 Å². The Morgan fingerprint density at radius 2 is 1.70 bits per heavy atom. The average Bonchev–Trinajstić information content (AvgIpc) is 2.55. The molecule has 2 amide bonds. The number of rotatable bonds is 5. The highest BCUT2D eigenvalue weighted by Crippen LogP contribution is 2.14. The molecule has 0 spiro atoms. The number of hydrogen-bond donors (Lipinski definition) is 2. The zero-order chi connectivity index (χ0) is 16.8. The van der Waals surface area contributed by atoms with E-state index in [0.717, 1.165) is 10.0 Å². The molecule has 0 aliphatic carbocycles. The molecule has 2 rings (SSSR count). The summed E-state index contributed by atoms with van der Waals surface area (Å²) in [4.78, 5) is 23.7. The molecule has 3 N–H and O–H groups in total. The molecular formula is C17H15BrN2O3. The van der Waals surface area contributed by atoms with Gasteiger partial charge in [-0.1, -0.05) is 28.1 Å². The fraction of sp³-hybridized carbons (Fsp3) is 0.0588.